The molecule has 1 heterocycles. The van der Waals surface area contributed by atoms with E-state index in [0.717, 1.165) is 11.3 Å². The Hall–Kier alpha value is -6.55. The van der Waals surface area contributed by atoms with E-state index in [0.29, 0.717) is 77.3 Å². The van der Waals surface area contributed by atoms with E-state index >= 15 is 0 Å². The molecule has 40 heteroatoms. The molecule has 1 aromatic rings. The summed E-state index contributed by atoms with van der Waals surface area (Å²) in [5.41, 5.74) is 0.794. The smallest absolute Gasteiger partial charge is 0.328 e. The summed E-state index contributed by atoms with van der Waals surface area (Å²) in [5.74, 6) is -4.76. The zero-order valence-corrected chi connectivity index (χ0v) is 82.2. The lowest BCUT2D eigenvalue weighted by Gasteiger charge is -2.41. The fourth-order valence-corrected chi connectivity index (χ4v) is 14.4. The van der Waals surface area contributed by atoms with Crippen LogP contribution < -0.4 is 21.3 Å². The van der Waals surface area contributed by atoms with Gasteiger partial charge in [-0.05, 0) is 108 Å². The van der Waals surface area contributed by atoms with E-state index in [1.165, 1.54) is 42.7 Å². The highest BCUT2D eigenvalue weighted by Gasteiger charge is 2.44. The molecule has 17 atom stereocenters. The molecule has 1 aliphatic heterocycles. The number of likely N-dealkylation sites (N-methyl/N-ethyl adjacent to an activating group) is 2. The summed E-state index contributed by atoms with van der Waals surface area (Å²) in [6, 6.07) is 5.92. The molecule has 129 heavy (non-hydrogen) atoms. The Morgan fingerprint density at radius 3 is 1.37 bits per heavy atom. The minimum atomic E-state index is -1.06. The number of carboxylic acid groups (broad SMARTS) is 1. The van der Waals surface area contributed by atoms with Crippen molar-refractivity contribution in [2.75, 3.05) is 155 Å². The number of aliphatic hydroxyl groups excluding tert-OH is 5. The van der Waals surface area contributed by atoms with Crippen LogP contribution in [-0.4, -0.2) is 358 Å². The number of likely N-dealkylation sites (tertiary alicyclic amines) is 1. The van der Waals surface area contributed by atoms with Crippen LogP contribution in [0.3, 0.4) is 0 Å². The highest BCUT2D eigenvalue weighted by Crippen LogP contribution is 2.31. The number of hydrogen-bond acceptors (Lipinski definition) is 33. The van der Waals surface area contributed by atoms with Crippen molar-refractivity contribution in [3.63, 3.8) is 0 Å². The van der Waals surface area contributed by atoms with Crippen LogP contribution in [0.25, 0.3) is 0 Å². The fourth-order valence-electron chi connectivity index (χ4n) is 13.3. The predicted molar refractivity (Wildman–Crippen MR) is 486 cm³/mol. The third-order valence-corrected chi connectivity index (χ3v) is 22.9. The summed E-state index contributed by atoms with van der Waals surface area (Å²) in [7, 11) is 17.5. The van der Waals surface area contributed by atoms with Gasteiger partial charge in [0.25, 0.3) is 0 Å². The van der Waals surface area contributed by atoms with Crippen molar-refractivity contribution >= 4 is 86.9 Å². The number of benzene rings is 1. The molecular weight excluding hydrogens is 1730 g/mol. The molecule has 1 aromatic carbocycles. The average Bonchev–Trinajstić information content (AvgIpc) is 1.79. The molecule has 1 aliphatic rings. The second kappa shape index (κ2) is 75.8. The fraction of sp³-hybridized carbons (Fsp3) is 0.809. The van der Waals surface area contributed by atoms with Gasteiger partial charge in [-0.2, -0.15) is 0 Å². The lowest BCUT2D eigenvalue weighted by molar-refractivity contribution is -0.194. The molecule has 1 fully saturated rings. The standard InChI is InChI=1S/C55H94N6O14.C15H29NO6S2.C12H22O7.C7H16O4/c1-15-37(7)50(60(11)54(68)48(35(3)4)58-53(67)49(36(5)6)59(9)10)43(70-12)32-45(64)61-29-21-25-42(61)51(72-14)38(8)52(66)57-41(31-39-23-18-17-19-24-39)55(69)73-30-22-28-56-44(63)26-20-27-46(65)74-34-47(71-13)75-40(16-2)33-62;1-4-12(10-17)22-15(20-2)11-21-14(19)7-5-6-13(18)16-8-9-24-23-3;1-3-9(7-13)19-12(17-2)8-18-11(16)6-4-5-10(14)15;1-3-6(4-8)11-7(5-9)10-2/h17-19,23-24,35-38,40-43,47-51,62H,15-16,20-22,25-34H2,1-14H3,(H,56,63)(H,57,66)(H,58,67);12,15,17H,4-11H2,1-3H3,(H,16,18);9,12-13H,3-8H2,1-2H3,(H,14,15);6-9H,3-5H2,1-2H3/t37-,38+,40?,41-,42-,43+,47?,48-,49-,50-,51+;;;/m0.../s1. The number of methoxy groups -OCH3 is 6. The van der Waals surface area contributed by atoms with E-state index in [2.05, 4.69) is 21.3 Å². The number of esters is 4. The van der Waals surface area contributed by atoms with Gasteiger partial charge in [0.1, 0.15) is 31.9 Å². The monoisotopic (exact) mass is 1890 g/mol. The summed E-state index contributed by atoms with van der Waals surface area (Å²) in [4.78, 5) is 145. The maximum atomic E-state index is 14.5. The number of aliphatic hydroxyl groups is 5. The zero-order valence-electron chi connectivity index (χ0n) is 80.5. The third kappa shape index (κ3) is 54.4. The summed E-state index contributed by atoms with van der Waals surface area (Å²) in [6.45, 7) is 21.2. The van der Waals surface area contributed by atoms with Crippen LogP contribution in [0.4, 0.5) is 0 Å². The number of hydrogen-bond donors (Lipinski definition) is 10. The largest absolute Gasteiger partial charge is 0.481 e. The molecule has 0 radical (unpaired) electrons. The number of rotatable bonds is 68. The summed E-state index contributed by atoms with van der Waals surface area (Å²) < 4.78 is 74.3. The highest BCUT2D eigenvalue weighted by atomic mass is 33.1. The number of carbonyl (C=O) groups is 11. The first-order chi connectivity index (χ1) is 61.5. The van der Waals surface area contributed by atoms with Gasteiger partial charge in [0.15, 0.2) is 25.2 Å². The number of carboxylic acids is 1. The van der Waals surface area contributed by atoms with Gasteiger partial charge in [0.2, 0.25) is 35.4 Å². The first-order valence-corrected chi connectivity index (χ1v) is 47.5. The molecule has 8 unspecified atom stereocenters. The molecule has 38 nitrogen and oxygen atoms in total. The maximum Gasteiger partial charge on any atom is 0.328 e. The van der Waals surface area contributed by atoms with E-state index in [1.807, 2.05) is 125 Å². The van der Waals surface area contributed by atoms with Crippen molar-refractivity contribution in [2.24, 2.45) is 23.7 Å². The zero-order chi connectivity index (χ0) is 97.9. The van der Waals surface area contributed by atoms with E-state index < -0.39 is 115 Å². The van der Waals surface area contributed by atoms with Gasteiger partial charge in [-0.25, -0.2) is 4.79 Å². The number of carbonyl (C=O) groups excluding carboxylic acids is 10. The molecular formula is C89H161N7O31S2. The molecule has 1 saturated heterocycles. The second-order valence-corrected chi connectivity index (χ2v) is 34.4. The topological polar surface area (TPSA) is 496 Å². The Labute approximate surface area is 773 Å². The van der Waals surface area contributed by atoms with Crippen LogP contribution in [0.1, 0.15) is 197 Å². The minimum absolute atomic E-state index is 0.00472. The Balaban J connectivity index is 0. The van der Waals surface area contributed by atoms with Crippen LogP contribution in [0.5, 0.6) is 0 Å². The highest BCUT2D eigenvalue weighted by molar-refractivity contribution is 8.76. The summed E-state index contributed by atoms with van der Waals surface area (Å²) in [6.07, 6.45) is 2.57. The quantitative estimate of drug-likeness (QED) is 0.0122. The molecule has 0 aromatic heterocycles. The predicted octanol–water partition coefficient (Wildman–Crippen LogP) is 5.75. The van der Waals surface area contributed by atoms with Crippen molar-refractivity contribution in [3.8, 4) is 0 Å². The molecule has 0 bridgehead atoms. The number of amides is 6. The number of ether oxygens (including phenoxy) is 14. The van der Waals surface area contributed by atoms with Gasteiger partial charge >= 0.3 is 29.8 Å². The number of nitrogens with zero attached hydrogens (tertiary/aromatic N) is 3. The molecule has 10 N–H and O–H groups in total. The molecule has 6 amide bonds. The van der Waals surface area contributed by atoms with Gasteiger partial charge in [-0.1, -0.05) is 135 Å². The van der Waals surface area contributed by atoms with Gasteiger partial charge < -0.3 is 128 Å². The Bertz CT molecular complexity index is 3140. The van der Waals surface area contributed by atoms with Crippen molar-refractivity contribution in [3.05, 3.63) is 35.9 Å². The maximum absolute atomic E-state index is 14.5. The SMILES string of the molecule is CCC(CO)OC(CO)OC.CCC(CO)OC(COC(=O)CCCC(=O)NCCCOC(=O)[C@H](Cc1ccccc1)NC(=O)[C@H](C)[C@@H](OC)[C@@H]1CCCN1C(=O)C[C@@H](OC)[C@H]([C@@H](C)CC)N(C)C(=O)[C@@H](NC(=O)[C@H](C(C)C)N(C)C)C(C)C)OC.CCC(CO)OC(COC(=O)CCCC(=O)NCCSSC)OC.CCC(CO)OC(COC(=O)CCCC(=O)O)OC. The van der Waals surface area contributed by atoms with Crippen molar-refractivity contribution in [1.29, 1.82) is 0 Å². The Morgan fingerprint density at radius 1 is 0.527 bits per heavy atom. The summed E-state index contributed by atoms with van der Waals surface area (Å²) >= 11 is 0. The van der Waals surface area contributed by atoms with E-state index in [9.17, 15) is 57.8 Å². The Morgan fingerprint density at radius 2 is 0.984 bits per heavy atom. The molecule has 2 rings (SSSR count). The van der Waals surface area contributed by atoms with E-state index in [1.54, 1.807) is 45.4 Å². The second-order valence-electron chi connectivity index (χ2n) is 31.7. The van der Waals surface area contributed by atoms with Gasteiger partial charge in [-0.15, -0.1) is 0 Å². The van der Waals surface area contributed by atoms with Crippen LogP contribution in [0.2, 0.25) is 0 Å². The van der Waals surface area contributed by atoms with Gasteiger partial charge in [-0.3, -0.25) is 52.8 Å². The first-order valence-electron chi connectivity index (χ1n) is 44.7. The van der Waals surface area contributed by atoms with Gasteiger partial charge in [0, 0.05) is 120 Å². The van der Waals surface area contributed by atoms with Crippen LogP contribution in [0, 0.1) is 23.7 Å². The molecule has 0 saturated carbocycles. The normalized spacial score (nSPS) is 16.2. The molecule has 0 aliphatic carbocycles. The Kier molecular flexibility index (Phi) is 73.2. The number of nitrogens with one attached hydrogen (secondary N) is 4. The van der Waals surface area contributed by atoms with Crippen LogP contribution >= 0.6 is 21.6 Å². The van der Waals surface area contributed by atoms with Crippen molar-refractivity contribution in [1.82, 2.24) is 36.0 Å². The van der Waals surface area contributed by atoms with E-state index in [4.69, 9.17) is 91.8 Å². The van der Waals surface area contributed by atoms with Crippen molar-refractivity contribution in [2.45, 2.75) is 290 Å². The number of aliphatic carboxylic acids is 1. The summed E-state index contributed by atoms with van der Waals surface area (Å²) in [5, 5.41) is 64.6. The molecule has 750 valence electrons. The van der Waals surface area contributed by atoms with Gasteiger partial charge in [0.05, 0.1) is 107 Å². The van der Waals surface area contributed by atoms with E-state index in [-0.39, 0.29) is 189 Å². The third-order valence-electron chi connectivity index (χ3n) is 21.0. The lowest BCUT2D eigenvalue weighted by atomic mass is 9.89. The minimum Gasteiger partial charge on any atom is -0.481 e. The van der Waals surface area contributed by atoms with Crippen molar-refractivity contribution < 1.29 is 150 Å². The molecule has 0 spiro atoms. The van der Waals surface area contributed by atoms with Crippen LogP contribution in [0.15, 0.2) is 30.3 Å². The van der Waals surface area contributed by atoms with Crippen LogP contribution in [-0.2, 0) is 125 Å². The average molecular weight is 1890 g/mol. The lowest BCUT2D eigenvalue weighted by Crippen LogP contribution is -2.59. The first kappa shape index (κ1) is 124.